The molecule has 0 atom stereocenters. The first-order valence-electron chi connectivity index (χ1n) is 5.42. The van der Waals surface area contributed by atoms with Gasteiger partial charge in [-0.25, -0.2) is 0 Å². The Labute approximate surface area is 137 Å². The fourth-order valence-electron chi connectivity index (χ4n) is 1.61. The van der Waals surface area contributed by atoms with Crippen LogP contribution in [0.4, 0.5) is 0 Å². The van der Waals surface area contributed by atoms with Crippen LogP contribution in [0.3, 0.4) is 0 Å². The van der Waals surface area contributed by atoms with Crippen LogP contribution in [-0.2, 0) is 11.9 Å². The van der Waals surface area contributed by atoms with Crippen LogP contribution in [0.25, 0.3) is 0 Å². The molecular formula is C13H11Br2ClO2S. The van der Waals surface area contributed by atoms with Gasteiger partial charge in [0.1, 0.15) is 6.61 Å². The normalized spacial score (nSPS) is 10.5. The highest BCUT2D eigenvalue weighted by Crippen LogP contribution is 2.36. The molecule has 0 fully saturated rings. The number of hydrogen-bond acceptors (Lipinski definition) is 3. The Morgan fingerprint density at radius 1 is 1.32 bits per heavy atom. The number of rotatable bonds is 5. The Kier molecular flexibility index (Phi) is 5.57. The Bertz CT molecular complexity index is 547. The summed E-state index contributed by atoms with van der Waals surface area (Å²) in [6.45, 7) is 0.508. The van der Waals surface area contributed by atoms with Gasteiger partial charge in [-0.3, -0.25) is 0 Å². The quantitative estimate of drug-likeness (QED) is 0.576. The molecule has 1 aromatic heterocycles. The fraction of sp³-hybridized carbons (Fsp3) is 0.231. The summed E-state index contributed by atoms with van der Waals surface area (Å²) in [5.41, 5.74) is 0.972. The lowest BCUT2D eigenvalue weighted by atomic mass is 10.2. The molecule has 0 aliphatic heterocycles. The summed E-state index contributed by atoms with van der Waals surface area (Å²) in [5.74, 6) is 1.38. The average molecular weight is 427 g/mol. The Morgan fingerprint density at radius 2 is 2.11 bits per heavy atom. The van der Waals surface area contributed by atoms with E-state index >= 15 is 0 Å². The van der Waals surface area contributed by atoms with E-state index in [2.05, 4.69) is 31.9 Å². The second kappa shape index (κ2) is 6.97. The largest absolute Gasteiger partial charge is 0.493 e. The van der Waals surface area contributed by atoms with E-state index in [9.17, 15) is 0 Å². The van der Waals surface area contributed by atoms with Crippen LogP contribution in [0.1, 0.15) is 10.4 Å². The van der Waals surface area contributed by atoms with Gasteiger partial charge in [-0.15, -0.1) is 11.3 Å². The van der Waals surface area contributed by atoms with Gasteiger partial charge in [0.25, 0.3) is 0 Å². The van der Waals surface area contributed by atoms with Crippen molar-refractivity contribution in [1.82, 2.24) is 0 Å². The van der Waals surface area contributed by atoms with Gasteiger partial charge < -0.3 is 9.47 Å². The molecule has 102 valence electrons. The van der Waals surface area contributed by atoms with E-state index < -0.39 is 0 Å². The summed E-state index contributed by atoms with van der Waals surface area (Å²) in [6.07, 6.45) is 0. The van der Waals surface area contributed by atoms with Crippen molar-refractivity contribution in [3.05, 3.63) is 43.5 Å². The number of thiophene rings is 1. The molecule has 2 aromatic rings. The highest BCUT2D eigenvalue weighted by molar-refractivity contribution is 9.10. The molecule has 0 saturated heterocycles. The van der Waals surface area contributed by atoms with Crippen molar-refractivity contribution in [1.29, 1.82) is 0 Å². The van der Waals surface area contributed by atoms with E-state index in [4.69, 9.17) is 21.1 Å². The van der Waals surface area contributed by atoms with Crippen molar-refractivity contribution in [3.63, 3.8) is 0 Å². The fourth-order valence-corrected chi connectivity index (χ4v) is 3.62. The number of halogens is 3. The Balaban J connectivity index is 2.23. The third-order valence-corrected chi connectivity index (χ3v) is 4.93. The molecule has 1 aromatic carbocycles. The number of methoxy groups -OCH3 is 1. The molecule has 0 aliphatic carbocycles. The average Bonchev–Trinajstić information content (AvgIpc) is 2.81. The first-order chi connectivity index (χ1) is 9.13. The smallest absolute Gasteiger partial charge is 0.165 e. The maximum atomic E-state index is 6.04. The van der Waals surface area contributed by atoms with E-state index in [0.717, 1.165) is 20.7 Å². The zero-order chi connectivity index (χ0) is 13.8. The molecule has 0 N–H and O–H groups in total. The molecule has 2 nitrogen and oxygen atoms in total. The molecule has 0 bridgehead atoms. The van der Waals surface area contributed by atoms with Crippen LogP contribution in [0.2, 0.25) is 5.02 Å². The minimum absolute atomic E-state index is 0.508. The highest BCUT2D eigenvalue weighted by Gasteiger charge is 2.12. The van der Waals surface area contributed by atoms with Gasteiger partial charge in [0, 0.05) is 36.7 Å². The molecule has 0 unspecified atom stereocenters. The van der Waals surface area contributed by atoms with Gasteiger partial charge >= 0.3 is 0 Å². The zero-order valence-corrected chi connectivity index (χ0v) is 14.8. The van der Waals surface area contributed by atoms with Crippen molar-refractivity contribution in [2.45, 2.75) is 11.9 Å². The zero-order valence-electron chi connectivity index (χ0n) is 10.1. The van der Waals surface area contributed by atoms with Gasteiger partial charge in [0.05, 0.1) is 7.11 Å². The van der Waals surface area contributed by atoms with Gasteiger partial charge in [0.2, 0.25) is 0 Å². The maximum Gasteiger partial charge on any atom is 0.165 e. The van der Waals surface area contributed by atoms with Gasteiger partial charge in [-0.05, 0) is 28.1 Å². The summed E-state index contributed by atoms with van der Waals surface area (Å²) < 4.78 is 12.3. The molecule has 0 saturated carbocycles. The summed E-state index contributed by atoms with van der Waals surface area (Å²) in [6, 6.07) is 5.67. The lowest BCUT2D eigenvalue weighted by Crippen LogP contribution is -1.99. The molecule has 0 spiro atoms. The van der Waals surface area contributed by atoms with E-state index in [-0.39, 0.29) is 0 Å². The third kappa shape index (κ3) is 3.88. The molecule has 0 radical (unpaired) electrons. The van der Waals surface area contributed by atoms with Crippen LogP contribution in [0.5, 0.6) is 11.5 Å². The second-order valence-electron chi connectivity index (χ2n) is 3.75. The van der Waals surface area contributed by atoms with Gasteiger partial charge in [-0.2, -0.15) is 0 Å². The van der Waals surface area contributed by atoms with E-state index in [0.29, 0.717) is 22.7 Å². The SMILES string of the molecule is COc1cc(Cl)cc(CBr)c1OCc1cc(Br)cs1. The van der Waals surface area contributed by atoms with E-state index in [1.165, 1.54) is 0 Å². The molecule has 0 aliphatic rings. The molecular weight excluding hydrogens is 415 g/mol. The lowest BCUT2D eigenvalue weighted by Gasteiger charge is -2.14. The molecule has 1 heterocycles. The number of alkyl halides is 1. The molecule has 19 heavy (non-hydrogen) atoms. The Hall–Kier alpha value is -0.230. The van der Waals surface area contributed by atoms with Crippen molar-refractivity contribution < 1.29 is 9.47 Å². The van der Waals surface area contributed by atoms with Gasteiger partial charge in [-0.1, -0.05) is 27.5 Å². The van der Waals surface area contributed by atoms with Crippen LogP contribution < -0.4 is 9.47 Å². The van der Waals surface area contributed by atoms with E-state index in [1.54, 1.807) is 24.5 Å². The van der Waals surface area contributed by atoms with Crippen LogP contribution >= 0.6 is 54.8 Å². The molecule has 6 heteroatoms. The van der Waals surface area contributed by atoms with E-state index in [1.807, 2.05) is 17.5 Å². The summed E-state index contributed by atoms with van der Waals surface area (Å²) >= 11 is 14.6. The molecule has 2 rings (SSSR count). The number of hydrogen-bond donors (Lipinski definition) is 0. The van der Waals surface area contributed by atoms with Crippen LogP contribution in [0, 0.1) is 0 Å². The summed E-state index contributed by atoms with van der Waals surface area (Å²) in [7, 11) is 1.61. The predicted molar refractivity (Wildman–Crippen MR) is 87.0 cm³/mol. The van der Waals surface area contributed by atoms with Crippen LogP contribution in [-0.4, -0.2) is 7.11 Å². The van der Waals surface area contributed by atoms with Crippen molar-refractivity contribution >= 4 is 54.8 Å². The van der Waals surface area contributed by atoms with Gasteiger partial charge in [0.15, 0.2) is 11.5 Å². The third-order valence-electron chi connectivity index (χ3n) is 2.44. The minimum Gasteiger partial charge on any atom is -0.493 e. The topological polar surface area (TPSA) is 18.5 Å². The van der Waals surface area contributed by atoms with Crippen molar-refractivity contribution in [2.24, 2.45) is 0 Å². The summed E-state index contributed by atoms with van der Waals surface area (Å²) in [4.78, 5) is 1.14. The standard InChI is InChI=1S/C13H11Br2ClO2S/c1-17-12-4-10(16)2-8(5-14)13(12)18-6-11-3-9(15)7-19-11/h2-4,7H,5-6H2,1H3. The van der Waals surface area contributed by atoms with Crippen molar-refractivity contribution in [2.75, 3.05) is 7.11 Å². The minimum atomic E-state index is 0.508. The second-order valence-corrected chi connectivity index (χ2v) is 6.66. The monoisotopic (exact) mass is 424 g/mol. The van der Waals surface area contributed by atoms with Crippen molar-refractivity contribution in [3.8, 4) is 11.5 Å². The predicted octanol–water partition coefficient (Wildman–Crippen LogP) is 5.65. The number of ether oxygens (including phenoxy) is 2. The summed E-state index contributed by atoms with van der Waals surface area (Å²) in [5, 5.41) is 3.33. The first kappa shape index (κ1) is 15.2. The maximum absolute atomic E-state index is 6.04. The Morgan fingerprint density at radius 3 is 2.68 bits per heavy atom. The van der Waals surface area contributed by atoms with Crippen LogP contribution in [0.15, 0.2) is 28.1 Å². The molecule has 0 amide bonds. The first-order valence-corrected chi connectivity index (χ1v) is 8.59. The highest BCUT2D eigenvalue weighted by atomic mass is 79.9. The lowest BCUT2D eigenvalue weighted by molar-refractivity contribution is 0.285. The number of benzene rings is 1.